The predicted octanol–water partition coefficient (Wildman–Crippen LogP) is 0.247. The molecule has 0 aliphatic carbocycles. The molecule has 0 bridgehead atoms. The number of hydrogen-bond donors (Lipinski definition) is 2. The van der Waals surface area contributed by atoms with Crippen molar-refractivity contribution in [3.63, 3.8) is 0 Å². The van der Waals surface area contributed by atoms with Gasteiger partial charge in [0.1, 0.15) is 0 Å². The molecule has 0 aromatic carbocycles. The van der Waals surface area contributed by atoms with Gasteiger partial charge in [-0.2, -0.15) is 0 Å². The topological polar surface area (TPSA) is 73.4 Å². The molecule has 2 aliphatic rings. The maximum atomic E-state index is 11.9. The van der Waals surface area contributed by atoms with Crippen molar-refractivity contribution in [1.29, 1.82) is 0 Å². The van der Waals surface area contributed by atoms with Crippen molar-refractivity contribution in [2.75, 3.05) is 50.7 Å². The van der Waals surface area contributed by atoms with E-state index in [-0.39, 0.29) is 5.91 Å². The Morgan fingerprint density at radius 3 is 2.75 bits per heavy atom. The van der Waals surface area contributed by atoms with Gasteiger partial charge >= 0.3 is 0 Å². The highest BCUT2D eigenvalue weighted by atomic mass is 16.1. The van der Waals surface area contributed by atoms with Crippen LogP contribution in [0.25, 0.3) is 0 Å². The van der Waals surface area contributed by atoms with Crippen LogP contribution in [0.5, 0.6) is 0 Å². The summed E-state index contributed by atoms with van der Waals surface area (Å²) in [5.74, 6) is 1.00. The maximum absolute atomic E-state index is 11.9. The number of anilines is 1. The van der Waals surface area contributed by atoms with Gasteiger partial charge in [-0.1, -0.05) is 0 Å². The normalized spacial score (nSPS) is 21.8. The second-order valence-corrected chi connectivity index (χ2v) is 6.58. The number of rotatable bonds is 7. The molecule has 2 N–H and O–H groups in total. The summed E-state index contributed by atoms with van der Waals surface area (Å²) in [4.78, 5) is 25.2. The highest BCUT2D eigenvalue weighted by Gasteiger charge is 2.19. The van der Waals surface area contributed by atoms with Crippen LogP contribution in [-0.4, -0.2) is 72.6 Å². The largest absolute Gasteiger partial charge is 0.356 e. The van der Waals surface area contributed by atoms with Crippen LogP contribution in [0.4, 0.5) is 5.95 Å². The minimum absolute atomic E-state index is 0.181. The van der Waals surface area contributed by atoms with E-state index < -0.39 is 0 Å². The molecule has 7 nitrogen and oxygen atoms in total. The van der Waals surface area contributed by atoms with Crippen molar-refractivity contribution in [1.82, 2.24) is 25.5 Å². The molecule has 7 heteroatoms. The number of hydrogen-bond acceptors (Lipinski definition) is 6. The van der Waals surface area contributed by atoms with E-state index in [0.29, 0.717) is 12.5 Å². The fraction of sp³-hybridized carbons (Fsp3) is 0.706. The van der Waals surface area contributed by atoms with E-state index in [0.717, 1.165) is 64.6 Å². The molecule has 1 unspecified atom stereocenters. The van der Waals surface area contributed by atoms with Gasteiger partial charge in [0.25, 0.3) is 0 Å². The molecule has 2 fully saturated rings. The van der Waals surface area contributed by atoms with Crippen molar-refractivity contribution in [2.24, 2.45) is 0 Å². The quantitative estimate of drug-likeness (QED) is 0.697. The molecule has 0 radical (unpaired) electrons. The summed E-state index contributed by atoms with van der Waals surface area (Å²) < 4.78 is 0. The van der Waals surface area contributed by atoms with Crippen molar-refractivity contribution in [2.45, 2.75) is 31.7 Å². The van der Waals surface area contributed by atoms with E-state index in [1.165, 1.54) is 6.42 Å². The van der Waals surface area contributed by atoms with Crippen LogP contribution >= 0.6 is 0 Å². The third kappa shape index (κ3) is 5.14. The minimum atomic E-state index is 0.181. The van der Waals surface area contributed by atoms with Gasteiger partial charge in [-0.25, -0.2) is 9.97 Å². The third-order valence-electron chi connectivity index (χ3n) is 4.77. The van der Waals surface area contributed by atoms with E-state index >= 15 is 0 Å². The highest BCUT2D eigenvalue weighted by Crippen LogP contribution is 2.10. The van der Waals surface area contributed by atoms with Crippen LogP contribution < -0.4 is 15.5 Å². The van der Waals surface area contributed by atoms with Gasteiger partial charge in [-0.15, -0.1) is 0 Å². The van der Waals surface area contributed by atoms with Crippen LogP contribution in [0.3, 0.4) is 0 Å². The second kappa shape index (κ2) is 8.94. The van der Waals surface area contributed by atoms with Crippen LogP contribution in [0.1, 0.15) is 25.7 Å². The summed E-state index contributed by atoms with van der Waals surface area (Å²) in [5, 5.41) is 6.41. The average Bonchev–Trinajstić information content (AvgIpc) is 3.13. The number of carbonyl (C=O) groups is 1. The summed E-state index contributed by atoms with van der Waals surface area (Å²) in [7, 11) is 0. The van der Waals surface area contributed by atoms with Crippen LogP contribution in [0.15, 0.2) is 18.5 Å². The van der Waals surface area contributed by atoms with Crippen molar-refractivity contribution in [3.05, 3.63) is 18.5 Å². The number of nitrogens with zero attached hydrogens (tertiary/aromatic N) is 4. The molecule has 0 spiro atoms. The maximum Gasteiger partial charge on any atom is 0.225 e. The van der Waals surface area contributed by atoms with E-state index in [4.69, 9.17) is 0 Å². The Morgan fingerprint density at radius 2 is 2.04 bits per heavy atom. The van der Waals surface area contributed by atoms with Gasteiger partial charge in [0.15, 0.2) is 0 Å². The van der Waals surface area contributed by atoms with Gasteiger partial charge in [-0.05, 0) is 38.4 Å². The molecule has 132 valence electrons. The number of nitrogens with one attached hydrogen (secondary N) is 2. The third-order valence-corrected chi connectivity index (χ3v) is 4.77. The minimum Gasteiger partial charge on any atom is -0.356 e. The Kier molecular flexibility index (Phi) is 6.37. The van der Waals surface area contributed by atoms with E-state index in [1.54, 1.807) is 12.4 Å². The molecule has 2 aliphatic heterocycles. The first-order valence-electron chi connectivity index (χ1n) is 9.05. The Bertz CT molecular complexity index is 497. The van der Waals surface area contributed by atoms with Crippen molar-refractivity contribution in [3.8, 4) is 0 Å². The van der Waals surface area contributed by atoms with Gasteiger partial charge in [-0.3, -0.25) is 9.69 Å². The van der Waals surface area contributed by atoms with Gasteiger partial charge in [0, 0.05) is 57.6 Å². The first-order valence-corrected chi connectivity index (χ1v) is 9.05. The van der Waals surface area contributed by atoms with Crippen LogP contribution in [0.2, 0.25) is 0 Å². The zero-order valence-electron chi connectivity index (χ0n) is 14.3. The lowest BCUT2D eigenvalue weighted by Crippen LogP contribution is -2.47. The average molecular weight is 332 g/mol. The first kappa shape index (κ1) is 17.1. The Labute approximate surface area is 143 Å². The zero-order valence-corrected chi connectivity index (χ0v) is 14.3. The van der Waals surface area contributed by atoms with Gasteiger partial charge < -0.3 is 15.5 Å². The molecule has 1 aromatic heterocycles. The molecule has 2 saturated heterocycles. The van der Waals surface area contributed by atoms with Gasteiger partial charge in [0.05, 0.1) is 0 Å². The van der Waals surface area contributed by atoms with E-state index in [2.05, 4.69) is 30.4 Å². The zero-order chi connectivity index (χ0) is 16.6. The number of amides is 1. The lowest BCUT2D eigenvalue weighted by atomic mass is 10.1. The predicted molar refractivity (Wildman–Crippen MR) is 94.0 cm³/mol. The Morgan fingerprint density at radius 1 is 1.25 bits per heavy atom. The lowest BCUT2D eigenvalue weighted by molar-refractivity contribution is -0.121. The molecular formula is C17H28N6O. The molecular weight excluding hydrogens is 304 g/mol. The summed E-state index contributed by atoms with van der Waals surface area (Å²) in [6, 6.07) is 2.23. The molecule has 24 heavy (non-hydrogen) atoms. The van der Waals surface area contributed by atoms with Crippen molar-refractivity contribution < 1.29 is 4.79 Å². The summed E-state index contributed by atoms with van der Waals surface area (Å²) in [5.41, 5.74) is 0. The fourth-order valence-electron chi connectivity index (χ4n) is 3.38. The molecule has 1 aromatic rings. The molecule has 1 atom stereocenters. The summed E-state index contributed by atoms with van der Waals surface area (Å²) in [6.07, 6.45) is 7.53. The van der Waals surface area contributed by atoms with Gasteiger partial charge in [0.2, 0.25) is 11.9 Å². The molecule has 1 amide bonds. The molecule has 0 saturated carbocycles. The standard InChI is InChI=1S/C17H28N6O/c24-16(14-15-4-1-5-18-15)19-8-3-9-22-10-12-23(13-11-22)17-20-6-2-7-21-17/h2,6-7,15,18H,1,3-5,8-14H2,(H,19,24). The summed E-state index contributed by atoms with van der Waals surface area (Å²) >= 11 is 0. The number of carbonyl (C=O) groups excluding carboxylic acids is 1. The molecule has 3 rings (SSSR count). The Balaban J connectivity index is 1.26. The molecule has 3 heterocycles. The van der Waals surface area contributed by atoms with Crippen LogP contribution in [-0.2, 0) is 4.79 Å². The van der Waals surface area contributed by atoms with Crippen LogP contribution in [0, 0.1) is 0 Å². The first-order chi connectivity index (χ1) is 11.8. The summed E-state index contributed by atoms with van der Waals surface area (Å²) in [6.45, 7) is 6.83. The number of aromatic nitrogens is 2. The smallest absolute Gasteiger partial charge is 0.225 e. The number of piperazine rings is 1. The van der Waals surface area contributed by atoms with E-state index in [1.807, 2.05) is 6.07 Å². The Hall–Kier alpha value is -1.73. The monoisotopic (exact) mass is 332 g/mol. The van der Waals surface area contributed by atoms with E-state index in [9.17, 15) is 4.79 Å². The fourth-order valence-corrected chi connectivity index (χ4v) is 3.38. The second-order valence-electron chi connectivity index (χ2n) is 6.58. The van der Waals surface area contributed by atoms with Crippen molar-refractivity contribution >= 4 is 11.9 Å². The highest BCUT2D eigenvalue weighted by molar-refractivity contribution is 5.76. The lowest BCUT2D eigenvalue weighted by Gasteiger charge is -2.34. The SMILES string of the molecule is O=C(CC1CCCN1)NCCCN1CCN(c2ncccn2)CC1.